The number of pyridine rings is 1. The number of rotatable bonds is 3. The first-order valence-electron chi connectivity index (χ1n) is 8.01. The normalized spacial score (nSPS) is 19.1. The first-order chi connectivity index (χ1) is 11.1. The van der Waals surface area contributed by atoms with E-state index in [1.165, 1.54) is 0 Å². The lowest BCUT2D eigenvalue weighted by atomic mass is 10.1. The minimum Gasteiger partial charge on any atom is -0.309 e. The lowest BCUT2D eigenvalue weighted by Crippen LogP contribution is -2.27. The van der Waals surface area contributed by atoms with Crippen LogP contribution >= 0.6 is 11.6 Å². The van der Waals surface area contributed by atoms with Gasteiger partial charge in [-0.15, -0.1) is 0 Å². The second-order valence-corrected chi connectivity index (χ2v) is 6.30. The molecule has 1 saturated heterocycles. The summed E-state index contributed by atoms with van der Waals surface area (Å²) >= 11 is 6.29. The fourth-order valence-corrected chi connectivity index (χ4v) is 3.47. The van der Waals surface area contributed by atoms with E-state index in [2.05, 4.69) is 11.4 Å². The van der Waals surface area contributed by atoms with Crippen LogP contribution in [-0.2, 0) is 0 Å². The number of allylic oxidation sites excluding steroid dienone is 4. The molecule has 1 fully saturated rings. The molecule has 1 aliphatic rings. The van der Waals surface area contributed by atoms with Crippen molar-refractivity contribution >= 4 is 28.1 Å². The van der Waals surface area contributed by atoms with Gasteiger partial charge in [-0.05, 0) is 56.8 Å². The molecule has 0 saturated carbocycles. The van der Waals surface area contributed by atoms with Crippen LogP contribution in [0.15, 0.2) is 47.3 Å². The zero-order chi connectivity index (χ0) is 16.4. The summed E-state index contributed by atoms with van der Waals surface area (Å²) in [7, 11) is 0. The van der Waals surface area contributed by atoms with E-state index in [-0.39, 0.29) is 11.6 Å². The Labute approximate surface area is 141 Å². The van der Waals surface area contributed by atoms with Crippen molar-refractivity contribution in [2.75, 3.05) is 6.54 Å². The Balaban J connectivity index is 2.33. The Bertz CT molecular complexity index is 842. The Morgan fingerprint density at radius 2 is 2.26 bits per heavy atom. The van der Waals surface area contributed by atoms with Crippen LogP contribution in [0, 0.1) is 0 Å². The number of aromatic nitrogens is 1. The highest BCUT2D eigenvalue weighted by atomic mass is 35.5. The predicted molar refractivity (Wildman–Crippen MR) is 98.0 cm³/mol. The highest BCUT2D eigenvalue weighted by Crippen LogP contribution is 2.28. The van der Waals surface area contributed by atoms with E-state index in [0.29, 0.717) is 10.4 Å². The maximum Gasteiger partial charge on any atom is 0.264 e. The van der Waals surface area contributed by atoms with Gasteiger partial charge in [0, 0.05) is 17.4 Å². The van der Waals surface area contributed by atoms with Crippen molar-refractivity contribution in [2.24, 2.45) is 0 Å². The SMILES string of the molecule is C/C=C\C=C(/C)n1c(C2CCCN2)cc2cccc(Cl)c2c1=O. The quantitative estimate of drug-likeness (QED) is 0.841. The third-order valence-electron chi connectivity index (χ3n) is 4.32. The summed E-state index contributed by atoms with van der Waals surface area (Å²) in [4.78, 5) is 13.1. The number of benzene rings is 1. The number of fused-ring (bicyclic) bond motifs is 1. The molecule has 0 aliphatic carbocycles. The summed E-state index contributed by atoms with van der Waals surface area (Å²) in [5.74, 6) is 0. The molecule has 1 aromatic carbocycles. The molecule has 0 bridgehead atoms. The highest BCUT2D eigenvalue weighted by Gasteiger charge is 2.22. The van der Waals surface area contributed by atoms with Gasteiger partial charge in [0.1, 0.15) is 0 Å². The first-order valence-corrected chi connectivity index (χ1v) is 8.39. The first kappa shape index (κ1) is 16.0. The number of halogens is 1. The average Bonchev–Trinajstić information content (AvgIpc) is 3.06. The molecule has 23 heavy (non-hydrogen) atoms. The molecule has 1 N–H and O–H groups in total. The largest absolute Gasteiger partial charge is 0.309 e. The van der Waals surface area contributed by atoms with Crippen LogP contribution in [-0.4, -0.2) is 11.1 Å². The minimum absolute atomic E-state index is 0.0462. The topological polar surface area (TPSA) is 34.0 Å². The van der Waals surface area contributed by atoms with Crippen molar-refractivity contribution in [3.05, 3.63) is 63.6 Å². The fraction of sp³-hybridized carbons (Fsp3) is 0.316. The number of hydrogen-bond acceptors (Lipinski definition) is 2. The summed E-state index contributed by atoms with van der Waals surface area (Å²) in [6, 6.07) is 7.92. The van der Waals surface area contributed by atoms with E-state index in [4.69, 9.17) is 11.6 Å². The summed E-state index contributed by atoms with van der Waals surface area (Å²) in [5, 5.41) is 5.49. The van der Waals surface area contributed by atoms with Gasteiger partial charge in [0.25, 0.3) is 5.56 Å². The van der Waals surface area contributed by atoms with E-state index in [1.54, 1.807) is 10.6 Å². The van der Waals surface area contributed by atoms with Crippen LogP contribution in [0.1, 0.15) is 38.4 Å². The maximum absolute atomic E-state index is 13.1. The van der Waals surface area contributed by atoms with Crippen molar-refractivity contribution < 1.29 is 0 Å². The van der Waals surface area contributed by atoms with E-state index < -0.39 is 0 Å². The van der Waals surface area contributed by atoms with E-state index in [9.17, 15) is 4.79 Å². The van der Waals surface area contributed by atoms with Gasteiger partial charge >= 0.3 is 0 Å². The zero-order valence-electron chi connectivity index (χ0n) is 13.5. The fourth-order valence-electron chi connectivity index (χ4n) is 3.21. The molecule has 1 aliphatic heterocycles. The van der Waals surface area contributed by atoms with Gasteiger partial charge in [-0.2, -0.15) is 0 Å². The molecule has 0 spiro atoms. The van der Waals surface area contributed by atoms with Gasteiger partial charge in [-0.25, -0.2) is 0 Å². The van der Waals surface area contributed by atoms with Crippen molar-refractivity contribution in [2.45, 2.75) is 32.7 Å². The van der Waals surface area contributed by atoms with Gasteiger partial charge in [0.05, 0.1) is 10.4 Å². The van der Waals surface area contributed by atoms with E-state index >= 15 is 0 Å². The summed E-state index contributed by atoms with van der Waals surface area (Å²) in [5.41, 5.74) is 1.87. The van der Waals surface area contributed by atoms with Crippen molar-refractivity contribution in [1.82, 2.24) is 9.88 Å². The molecular weight excluding hydrogens is 308 g/mol. The van der Waals surface area contributed by atoms with Gasteiger partial charge < -0.3 is 5.32 Å². The molecule has 1 atom stereocenters. The average molecular weight is 329 g/mol. The third-order valence-corrected chi connectivity index (χ3v) is 4.64. The third kappa shape index (κ3) is 2.99. The van der Waals surface area contributed by atoms with Crippen molar-refractivity contribution in [1.29, 1.82) is 0 Å². The van der Waals surface area contributed by atoms with Crippen LogP contribution in [0.3, 0.4) is 0 Å². The van der Waals surface area contributed by atoms with Crippen molar-refractivity contribution in [3.8, 4) is 0 Å². The van der Waals surface area contributed by atoms with Crippen LogP contribution in [0.5, 0.6) is 0 Å². The molecule has 3 rings (SSSR count). The Kier molecular flexibility index (Phi) is 4.69. The van der Waals surface area contributed by atoms with Gasteiger partial charge in [0.2, 0.25) is 0 Å². The lowest BCUT2D eigenvalue weighted by Gasteiger charge is -2.20. The predicted octanol–water partition coefficient (Wildman–Crippen LogP) is 4.52. The summed E-state index contributed by atoms with van der Waals surface area (Å²) in [6.07, 6.45) is 8.04. The second-order valence-electron chi connectivity index (χ2n) is 5.90. The molecule has 3 nitrogen and oxygen atoms in total. The maximum atomic E-state index is 13.1. The van der Waals surface area contributed by atoms with Gasteiger partial charge in [-0.1, -0.05) is 35.9 Å². The molecule has 2 aromatic rings. The summed E-state index contributed by atoms with van der Waals surface area (Å²) < 4.78 is 1.80. The van der Waals surface area contributed by atoms with Crippen LogP contribution < -0.4 is 10.9 Å². The molecule has 0 amide bonds. The summed E-state index contributed by atoms with van der Waals surface area (Å²) in [6.45, 7) is 4.91. The Hall–Kier alpha value is -1.84. The smallest absolute Gasteiger partial charge is 0.264 e. The number of nitrogens with one attached hydrogen (secondary N) is 1. The lowest BCUT2D eigenvalue weighted by molar-refractivity contribution is 0.609. The molecule has 1 aromatic heterocycles. The molecule has 1 unspecified atom stereocenters. The standard InChI is InChI=1S/C19H21ClN2O/c1-3-4-7-13(2)22-17(16-10-6-11-21-16)12-14-8-5-9-15(20)18(14)19(22)23/h3-5,7-9,12,16,21H,6,10-11H2,1-2H3/b4-3-,13-7+. The van der Waals surface area contributed by atoms with Crippen LogP contribution in [0.25, 0.3) is 16.5 Å². The van der Waals surface area contributed by atoms with Crippen LogP contribution in [0.4, 0.5) is 0 Å². The Morgan fingerprint density at radius 1 is 1.43 bits per heavy atom. The second kappa shape index (κ2) is 6.73. The van der Waals surface area contributed by atoms with Crippen molar-refractivity contribution in [3.63, 3.8) is 0 Å². The molecular formula is C19H21ClN2O. The Morgan fingerprint density at radius 3 is 2.96 bits per heavy atom. The molecule has 0 radical (unpaired) electrons. The highest BCUT2D eigenvalue weighted by molar-refractivity contribution is 6.35. The molecule has 4 heteroatoms. The minimum atomic E-state index is -0.0462. The monoisotopic (exact) mass is 328 g/mol. The van der Waals surface area contributed by atoms with Gasteiger partial charge in [-0.3, -0.25) is 9.36 Å². The number of hydrogen-bond donors (Lipinski definition) is 1. The molecule has 2 heterocycles. The van der Waals surface area contributed by atoms with E-state index in [1.807, 2.05) is 44.2 Å². The van der Waals surface area contributed by atoms with Crippen LogP contribution in [0.2, 0.25) is 5.02 Å². The zero-order valence-corrected chi connectivity index (χ0v) is 14.2. The number of nitrogens with zero attached hydrogens (tertiary/aromatic N) is 1. The van der Waals surface area contributed by atoms with E-state index in [0.717, 1.165) is 36.2 Å². The molecule has 120 valence electrons. The van der Waals surface area contributed by atoms with Gasteiger partial charge in [0.15, 0.2) is 0 Å².